The van der Waals surface area contributed by atoms with Crippen LogP contribution < -0.4 is 0 Å². The highest BCUT2D eigenvalue weighted by Gasteiger charge is 2.31. The minimum atomic E-state index is -0.0474. The van der Waals surface area contributed by atoms with Crippen molar-refractivity contribution in [3.8, 4) is 0 Å². The summed E-state index contributed by atoms with van der Waals surface area (Å²) in [7, 11) is 1.78. The van der Waals surface area contributed by atoms with Crippen LogP contribution in [0.5, 0.6) is 0 Å². The zero-order valence-electron chi connectivity index (χ0n) is 11.3. The molecule has 0 amide bonds. The maximum absolute atomic E-state index is 4.68. The number of hydrogen-bond acceptors (Lipinski definition) is 2. The molecule has 0 aromatic heterocycles. The van der Waals surface area contributed by atoms with E-state index in [2.05, 4.69) is 56.9 Å². The summed E-state index contributed by atoms with van der Waals surface area (Å²) in [5, 5.41) is 6.65. The summed E-state index contributed by atoms with van der Waals surface area (Å²) < 4.78 is 0. The van der Waals surface area contributed by atoms with Crippen molar-refractivity contribution in [3.63, 3.8) is 0 Å². The van der Waals surface area contributed by atoms with E-state index in [9.17, 15) is 0 Å². The van der Waals surface area contributed by atoms with Crippen molar-refractivity contribution in [2.75, 3.05) is 7.05 Å². The summed E-state index contributed by atoms with van der Waals surface area (Å²) in [5.74, 6) is 0. The van der Waals surface area contributed by atoms with Gasteiger partial charge in [-0.05, 0) is 19.4 Å². The van der Waals surface area contributed by atoms with Gasteiger partial charge in [0.15, 0.2) is 0 Å². The maximum atomic E-state index is 4.68. The van der Waals surface area contributed by atoms with Crippen molar-refractivity contribution in [2.24, 2.45) is 15.5 Å². The van der Waals surface area contributed by atoms with E-state index in [-0.39, 0.29) is 11.0 Å². The van der Waals surface area contributed by atoms with Crippen LogP contribution in [0, 0.1) is 5.41 Å². The Morgan fingerprint density at radius 1 is 1.50 bits per heavy atom. The molecule has 3 heteroatoms. The molecule has 0 fully saturated rings. The van der Waals surface area contributed by atoms with Gasteiger partial charge in [0.1, 0.15) is 6.34 Å². The van der Waals surface area contributed by atoms with Crippen molar-refractivity contribution >= 4 is 12.1 Å². The molecule has 0 bridgehead atoms. The third kappa shape index (κ3) is 2.52. The third-order valence-electron chi connectivity index (χ3n) is 3.05. The van der Waals surface area contributed by atoms with Crippen LogP contribution in [0.3, 0.4) is 0 Å². The molecule has 1 heterocycles. The average Bonchev–Trinajstić information content (AvgIpc) is 2.20. The molecule has 0 aliphatic carbocycles. The molecule has 1 rings (SSSR count). The van der Waals surface area contributed by atoms with Crippen LogP contribution in [0.1, 0.15) is 41.0 Å². The average molecular weight is 221 g/mol. The fraction of sp³-hybridized carbons (Fsp3) is 0.692. The topological polar surface area (TPSA) is 28.0 Å². The normalized spacial score (nSPS) is 26.4. The smallest absolute Gasteiger partial charge is 0.107 e. The summed E-state index contributed by atoms with van der Waals surface area (Å²) in [6, 6.07) is 0. The van der Waals surface area contributed by atoms with Crippen molar-refractivity contribution in [1.29, 1.82) is 0 Å². The van der Waals surface area contributed by atoms with Crippen LogP contribution in [-0.4, -0.2) is 29.6 Å². The highest BCUT2D eigenvalue weighted by molar-refractivity contribution is 6.00. The van der Waals surface area contributed by atoms with Crippen LogP contribution in [0.15, 0.2) is 22.2 Å². The van der Waals surface area contributed by atoms with E-state index >= 15 is 0 Å². The summed E-state index contributed by atoms with van der Waals surface area (Å²) in [6.07, 6.45) is 7.18. The summed E-state index contributed by atoms with van der Waals surface area (Å²) in [6.45, 7) is 10.9. The van der Waals surface area contributed by atoms with E-state index in [1.54, 1.807) is 13.4 Å². The Labute approximate surface area is 98.9 Å². The first-order valence-electron chi connectivity index (χ1n) is 5.83. The Hall–Kier alpha value is -1.12. The Kier molecular flexibility index (Phi) is 3.56. The SMILES string of the molecule is CCC1(C)C=CC(C(C)(C)C)=NN1/C=N\C. The summed E-state index contributed by atoms with van der Waals surface area (Å²) in [5.41, 5.74) is 1.12. The van der Waals surface area contributed by atoms with Gasteiger partial charge < -0.3 is 0 Å². The van der Waals surface area contributed by atoms with E-state index < -0.39 is 0 Å². The lowest BCUT2D eigenvalue weighted by Crippen LogP contribution is -2.44. The minimum Gasteiger partial charge on any atom is -0.277 e. The largest absolute Gasteiger partial charge is 0.277 e. The molecule has 0 saturated carbocycles. The van der Waals surface area contributed by atoms with Gasteiger partial charge >= 0.3 is 0 Å². The van der Waals surface area contributed by atoms with Gasteiger partial charge in [-0.25, -0.2) is 5.01 Å². The zero-order valence-corrected chi connectivity index (χ0v) is 11.3. The minimum absolute atomic E-state index is 0.0474. The molecule has 0 aromatic rings. The Morgan fingerprint density at radius 3 is 2.56 bits per heavy atom. The Balaban J connectivity index is 3.08. The van der Waals surface area contributed by atoms with Crippen molar-refractivity contribution < 1.29 is 0 Å². The quantitative estimate of drug-likeness (QED) is 0.520. The Bertz CT molecular complexity index is 334. The van der Waals surface area contributed by atoms with Crippen molar-refractivity contribution in [3.05, 3.63) is 12.2 Å². The number of nitrogens with zero attached hydrogens (tertiary/aromatic N) is 3. The Morgan fingerprint density at radius 2 is 2.12 bits per heavy atom. The molecule has 0 spiro atoms. The second-order valence-corrected chi connectivity index (χ2v) is 5.50. The lowest BCUT2D eigenvalue weighted by molar-refractivity contribution is 0.250. The molecule has 1 aliphatic rings. The predicted octanol–water partition coefficient (Wildman–Crippen LogP) is 3.09. The van der Waals surface area contributed by atoms with Gasteiger partial charge in [0.05, 0.1) is 11.3 Å². The first-order valence-corrected chi connectivity index (χ1v) is 5.83. The zero-order chi connectivity index (χ0) is 12.4. The molecular formula is C13H23N3. The highest BCUT2D eigenvalue weighted by Crippen LogP contribution is 2.28. The van der Waals surface area contributed by atoms with Crippen molar-refractivity contribution in [2.45, 2.75) is 46.6 Å². The summed E-state index contributed by atoms with van der Waals surface area (Å²) in [4.78, 5) is 4.08. The number of hydrogen-bond donors (Lipinski definition) is 0. The van der Waals surface area contributed by atoms with Crippen LogP contribution in [0.25, 0.3) is 0 Å². The summed E-state index contributed by atoms with van der Waals surface area (Å²) >= 11 is 0. The van der Waals surface area contributed by atoms with Crippen LogP contribution >= 0.6 is 0 Å². The fourth-order valence-electron chi connectivity index (χ4n) is 1.55. The number of rotatable bonds is 2. The molecule has 90 valence electrons. The van der Waals surface area contributed by atoms with Crippen LogP contribution in [0.4, 0.5) is 0 Å². The van der Waals surface area contributed by atoms with E-state index in [0.29, 0.717) is 0 Å². The molecule has 16 heavy (non-hydrogen) atoms. The molecule has 0 saturated heterocycles. The fourth-order valence-corrected chi connectivity index (χ4v) is 1.55. The monoisotopic (exact) mass is 221 g/mol. The number of hydrazone groups is 1. The molecular weight excluding hydrogens is 198 g/mol. The van der Waals surface area contributed by atoms with Gasteiger partial charge in [-0.1, -0.05) is 33.8 Å². The standard InChI is InChI=1S/C13H23N3/c1-7-13(5)9-8-11(12(2,3)4)15-16(13)10-14-6/h8-10H,7H2,1-6H3/b14-10-. The number of aliphatic imine (C=N–C) groups is 1. The van der Waals surface area contributed by atoms with Gasteiger partial charge in [0, 0.05) is 12.5 Å². The molecule has 3 nitrogen and oxygen atoms in total. The lowest BCUT2D eigenvalue weighted by Gasteiger charge is -2.38. The van der Waals surface area contributed by atoms with Crippen molar-refractivity contribution in [1.82, 2.24) is 5.01 Å². The van der Waals surface area contributed by atoms with Gasteiger partial charge in [0.25, 0.3) is 0 Å². The first-order chi connectivity index (χ1) is 7.33. The van der Waals surface area contributed by atoms with E-state index in [1.165, 1.54) is 0 Å². The van der Waals surface area contributed by atoms with E-state index in [1.807, 2.05) is 5.01 Å². The van der Waals surface area contributed by atoms with Crippen LogP contribution in [-0.2, 0) is 0 Å². The molecule has 1 unspecified atom stereocenters. The molecule has 0 radical (unpaired) electrons. The second-order valence-electron chi connectivity index (χ2n) is 5.50. The van der Waals surface area contributed by atoms with Gasteiger partial charge in [-0.2, -0.15) is 5.10 Å². The molecule has 0 N–H and O–H groups in total. The lowest BCUT2D eigenvalue weighted by atomic mass is 9.86. The van der Waals surface area contributed by atoms with Gasteiger partial charge in [0.2, 0.25) is 0 Å². The van der Waals surface area contributed by atoms with E-state index in [0.717, 1.165) is 12.1 Å². The van der Waals surface area contributed by atoms with Gasteiger partial charge in [-0.3, -0.25) is 4.99 Å². The molecule has 1 aliphatic heterocycles. The van der Waals surface area contributed by atoms with Crippen LogP contribution in [0.2, 0.25) is 0 Å². The molecule has 1 atom stereocenters. The predicted molar refractivity (Wildman–Crippen MR) is 71.0 cm³/mol. The number of allylic oxidation sites excluding steroid dienone is 1. The van der Waals surface area contributed by atoms with Gasteiger partial charge in [-0.15, -0.1) is 0 Å². The first kappa shape index (κ1) is 12.9. The maximum Gasteiger partial charge on any atom is 0.107 e. The third-order valence-corrected chi connectivity index (χ3v) is 3.05. The molecule has 0 aromatic carbocycles. The highest BCUT2D eigenvalue weighted by atomic mass is 15.5. The second kappa shape index (κ2) is 4.40. The van der Waals surface area contributed by atoms with E-state index in [4.69, 9.17) is 0 Å².